The second-order valence-corrected chi connectivity index (χ2v) is 5.51. The maximum Gasteiger partial charge on any atom is 0.0214 e. The zero-order valence-electron chi connectivity index (χ0n) is 8.67. The fourth-order valence-corrected chi connectivity index (χ4v) is 2.89. The van der Waals surface area contributed by atoms with Crippen LogP contribution in [0.3, 0.4) is 0 Å². The lowest BCUT2D eigenvalue weighted by Gasteiger charge is -2.30. The Labute approximate surface area is 94.8 Å². The van der Waals surface area contributed by atoms with E-state index in [4.69, 9.17) is 0 Å². The fourth-order valence-electron chi connectivity index (χ4n) is 2.02. The standard InChI is InChI=1S/C13H17Br/c1-10-5-2-3-6-12(10)9-13(14)11-7-4-8-11/h2-3,5-6,11,13H,4,7-9H2,1H3. The SMILES string of the molecule is Cc1ccccc1CC(Br)C1CCC1. The van der Waals surface area contributed by atoms with E-state index in [9.17, 15) is 0 Å². The van der Waals surface area contributed by atoms with Crippen LogP contribution in [0.15, 0.2) is 24.3 Å². The second-order valence-electron chi connectivity index (χ2n) is 4.34. The van der Waals surface area contributed by atoms with Crippen LogP contribution in [0.25, 0.3) is 0 Å². The number of rotatable bonds is 3. The molecule has 0 bridgehead atoms. The van der Waals surface area contributed by atoms with Crippen LogP contribution < -0.4 is 0 Å². The number of hydrogen-bond donors (Lipinski definition) is 0. The number of benzene rings is 1. The van der Waals surface area contributed by atoms with Gasteiger partial charge < -0.3 is 0 Å². The maximum atomic E-state index is 3.83. The van der Waals surface area contributed by atoms with Gasteiger partial charge in [0.15, 0.2) is 0 Å². The van der Waals surface area contributed by atoms with E-state index in [0.29, 0.717) is 4.83 Å². The molecule has 1 unspecified atom stereocenters. The molecule has 76 valence electrons. The van der Waals surface area contributed by atoms with E-state index in [1.807, 2.05) is 0 Å². The van der Waals surface area contributed by atoms with E-state index in [0.717, 1.165) is 5.92 Å². The Bertz CT molecular complexity index is 302. The molecule has 1 saturated carbocycles. The third-order valence-electron chi connectivity index (χ3n) is 3.34. The molecule has 0 saturated heterocycles. The first-order chi connectivity index (χ1) is 6.77. The Morgan fingerprint density at radius 2 is 2.07 bits per heavy atom. The molecule has 1 heteroatoms. The molecule has 1 aliphatic carbocycles. The summed E-state index contributed by atoms with van der Waals surface area (Å²) in [5.74, 6) is 0.926. The van der Waals surface area contributed by atoms with E-state index in [-0.39, 0.29) is 0 Å². The number of halogens is 1. The molecule has 2 rings (SSSR count). The highest BCUT2D eigenvalue weighted by molar-refractivity contribution is 9.09. The van der Waals surface area contributed by atoms with Gasteiger partial charge >= 0.3 is 0 Å². The van der Waals surface area contributed by atoms with Gasteiger partial charge in [0.2, 0.25) is 0 Å². The van der Waals surface area contributed by atoms with Gasteiger partial charge in [0, 0.05) is 4.83 Å². The molecule has 14 heavy (non-hydrogen) atoms. The highest BCUT2D eigenvalue weighted by Crippen LogP contribution is 2.35. The van der Waals surface area contributed by atoms with Crippen molar-refractivity contribution in [2.45, 2.75) is 37.4 Å². The first kappa shape index (κ1) is 10.2. The minimum absolute atomic E-state index is 0.692. The van der Waals surface area contributed by atoms with Crippen LogP contribution in [0.5, 0.6) is 0 Å². The smallest absolute Gasteiger partial charge is 0.0214 e. The third kappa shape index (κ3) is 2.20. The largest absolute Gasteiger partial charge is 0.0884 e. The average Bonchev–Trinajstić information content (AvgIpc) is 2.05. The zero-order valence-corrected chi connectivity index (χ0v) is 10.3. The molecule has 0 amide bonds. The summed E-state index contributed by atoms with van der Waals surface area (Å²) in [6, 6.07) is 8.71. The predicted molar refractivity (Wildman–Crippen MR) is 64.9 cm³/mol. The molecule has 1 aromatic rings. The van der Waals surface area contributed by atoms with Gasteiger partial charge in [-0.05, 0) is 43.2 Å². The van der Waals surface area contributed by atoms with Crippen molar-refractivity contribution in [3.63, 3.8) is 0 Å². The monoisotopic (exact) mass is 252 g/mol. The minimum Gasteiger partial charge on any atom is -0.0884 e. The first-order valence-electron chi connectivity index (χ1n) is 5.46. The van der Waals surface area contributed by atoms with Crippen molar-refractivity contribution in [3.05, 3.63) is 35.4 Å². The average molecular weight is 253 g/mol. The molecule has 0 N–H and O–H groups in total. The normalized spacial score (nSPS) is 19.0. The van der Waals surface area contributed by atoms with Crippen LogP contribution in [0.2, 0.25) is 0 Å². The molecule has 0 nitrogen and oxygen atoms in total. The van der Waals surface area contributed by atoms with Crippen molar-refractivity contribution in [2.75, 3.05) is 0 Å². The van der Waals surface area contributed by atoms with Gasteiger partial charge in [0.25, 0.3) is 0 Å². The van der Waals surface area contributed by atoms with Crippen LogP contribution in [-0.4, -0.2) is 4.83 Å². The highest BCUT2D eigenvalue weighted by atomic mass is 79.9. The predicted octanol–water partition coefficient (Wildman–Crippen LogP) is 4.10. The van der Waals surface area contributed by atoms with Crippen molar-refractivity contribution in [2.24, 2.45) is 5.92 Å². The summed E-state index contributed by atoms with van der Waals surface area (Å²) in [6.07, 6.45) is 5.46. The lowest BCUT2D eigenvalue weighted by Crippen LogP contribution is -2.23. The van der Waals surface area contributed by atoms with E-state index in [1.165, 1.54) is 36.8 Å². The Kier molecular flexibility index (Phi) is 3.27. The number of alkyl halides is 1. The van der Waals surface area contributed by atoms with Gasteiger partial charge in [-0.15, -0.1) is 0 Å². The fraction of sp³-hybridized carbons (Fsp3) is 0.538. The summed E-state index contributed by atoms with van der Waals surface area (Å²) in [4.78, 5) is 0.692. The molecular formula is C13H17Br. The first-order valence-corrected chi connectivity index (χ1v) is 6.37. The molecule has 0 aliphatic heterocycles. The molecule has 0 radical (unpaired) electrons. The molecule has 1 atom stereocenters. The summed E-state index contributed by atoms with van der Waals surface area (Å²) in [5, 5.41) is 0. The van der Waals surface area contributed by atoms with Gasteiger partial charge in [-0.3, -0.25) is 0 Å². The quantitative estimate of drug-likeness (QED) is 0.711. The van der Waals surface area contributed by atoms with Crippen molar-refractivity contribution in [1.82, 2.24) is 0 Å². The van der Waals surface area contributed by atoms with Gasteiger partial charge in [-0.25, -0.2) is 0 Å². The summed E-state index contributed by atoms with van der Waals surface area (Å²) in [6.45, 7) is 2.20. The third-order valence-corrected chi connectivity index (χ3v) is 4.41. The van der Waals surface area contributed by atoms with E-state index >= 15 is 0 Å². The van der Waals surface area contributed by atoms with Gasteiger partial charge in [0.1, 0.15) is 0 Å². The zero-order chi connectivity index (χ0) is 9.97. The molecular weight excluding hydrogens is 236 g/mol. The minimum atomic E-state index is 0.692. The molecule has 1 fully saturated rings. The summed E-state index contributed by atoms with van der Waals surface area (Å²) >= 11 is 3.83. The van der Waals surface area contributed by atoms with Crippen LogP contribution in [0.1, 0.15) is 30.4 Å². The highest BCUT2D eigenvalue weighted by Gasteiger charge is 2.25. The summed E-state index contributed by atoms with van der Waals surface area (Å²) in [7, 11) is 0. The van der Waals surface area contributed by atoms with E-state index in [2.05, 4.69) is 47.1 Å². The summed E-state index contributed by atoms with van der Waals surface area (Å²) < 4.78 is 0. The van der Waals surface area contributed by atoms with Crippen molar-refractivity contribution < 1.29 is 0 Å². The van der Waals surface area contributed by atoms with Crippen molar-refractivity contribution >= 4 is 15.9 Å². The Morgan fingerprint density at radius 1 is 1.36 bits per heavy atom. The second kappa shape index (κ2) is 4.48. The maximum absolute atomic E-state index is 3.83. The Hall–Kier alpha value is -0.300. The Balaban J connectivity index is 1.99. The van der Waals surface area contributed by atoms with Crippen LogP contribution >= 0.6 is 15.9 Å². The Morgan fingerprint density at radius 3 is 2.64 bits per heavy atom. The molecule has 1 aliphatic rings. The van der Waals surface area contributed by atoms with Crippen molar-refractivity contribution in [1.29, 1.82) is 0 Å². The molecule has 0 heterocycles. The van der Waals surface area contributed by atoms with Gasteiger partial charge in [-0.2, -0.15) is 0 Å². The number of aryl methyl sites for hydroxylation is 1. The summed E-state index contributed by atoms with van der Waals surface area (Å²) in [5.41, 5.74) is 2.93. The number of hydrogen-bond acceptors (Lipinski definition) is 0. The molecule has 0 spiro atoms. The molecule has 1 aromatic carbocycles. The van der Waals surface area contributed by atoms with E-state index < -0.39 is 0 Å². The van der Waals surface area contributed by atoms with Gasteiger partial charge in [-0.1, -0.05) is 46.6 Å². The lowest BCUT2D eigenvalue weighted by atomic mass is 9.81. The van der Waals surface area contributed by atoms with Crippen LogP contribution in [0.4, 0.5) is 0 Å². The van der Waals surface area contributed by atoms with Crippen LogP contribution in [-0.2, 0) is 6.42 Å². The van der Waals surface area contributed by atoms with Crippen LogP contribution in [0, 0.1) is 12.8 Å². The topological polar surface area (TPSA) is 0 Å². The van der Waals surface area contributed by atoms with Gasteiger partial charge in [0.05, 0.1) is 0 Å². The van der Waals surface area contributed by atoms with Crippen molar-refractivity contribution in [3.8, 4) is 0 Å². The van der Waals surface area contributed by atoms with E-state index in [1.54, 1.807) is 0 Å². The molecule has 0 aromatic heterocycles. The lowest BCUT2D eigenvalue weighted by molar-refractivity contribution is 0.308.